The van der Waals surface area contributed by atoms with Crippen molar-refractivity contribution in [3.05, 3.63) is 48.8 Å². The lowest BCUT2D eigenvalue weighted by atomic mass is 9.86. The van der Waals surface area contributed by atoms with Crippen molar-refractivity contribution in [2.45, 2.75) is 25.0 Å². The molecule has 2 heterocycles. The number of hydrogen-bond acceptors (Lipinski definition) is 7. The Kier molecular flexibility index (Phi) is 5.20. The van der Waals surface area contributed by atoms with Crippen LogP contribution in [0.3, 0.4) is 0 Å². The quantitative estimate of drug-likeness (QED) is 0.684. The number of nitrogens with one attached hydrogen (secondary N) is 1. The van der Waals surface area contributed by atoms with Gasteiger partial charge in [0, 0.05) is 30.6 Å². The van der Waals surface area contributed by atoms with Crippen molar-refractivity contribution < 1.29 is 19.7 Å². The third-order valence-electron chi connectivity index (χ3n) is 4.33. The number of hydrogen-bond donors (Lipinski definition) is 3. The first-order valence-corrected chi connectivity index (χ1v) is 8.01. The molecule has 1 fully saturated rings. The maximum Gasteiger partial charge on any atom is 0.271 e. The van der Waals surface area contributed by atoms with E-state index in [-0.39, 0.29) is 24.8 Å². The minimum absolute atomic E-state index is 0.213. The third-order valence-corrected chi connectivity index (χ3v) is 4.33. The predicted molar refractivity (Wildman–Crippen MR) is 87.8 cm³/mol. The van der Waals surface area contributed by atoms with E-state index in [1.165, 1.54) is 18.6 Å². The van der Waals surface area contributed by atoms with Crippen LogP contribution in [-0.2, 0) is 0 Å². The van der Waals surface area contributed by atoms with Crippen molar-refractivity contribution in [3.63, 3.8) is 0 Å². The molecule has 1 saturated carbocycles. The number of aliphatic hydroxyl groups excluding tert-OH is 2. The van der Waals surface area contributed by atoms with Crippen molar-refractivity contribution in [1.29, 1.82) is 0 Å². The van der Waals surface area contributed by atoms with Gasteiger partial charge in [0.25, 0.3) is 5.91 Å². The molecule has 8 nitrogen and oxygen atoms in total. The Bertz CT molecular complexity index is 688. The van der Waals surface area contributed by atoms with Gasteiger partial charge >= 0.3 is 0 Å². The molecule has 0 radical (unpaired) electrons. The fourth-order valence-corrected chi connectivity index (χ4v) is 3.00. The maximum absolute atomic E-state index is 12.2. The summed E-state index contributed by atoms with van der Waals surface area (Å²) >= 11 is 0. The molecule has 1 amide bonds. The maximum atomic E-state index is 12.2. The molecule has 0 aromatic carbocycles. The Labute approximate surface area is 144 Å². The average molecular weight is 344 g/mol. The SMILES string of the molecule is O=C(NCC1(COc2cccnc2)CC(O)C(O)C1)c1cnccn1. The summed E-state index contributed by atoms with van der Waals surface area (Å²) in [4.78, 5) is 24.0. The van der Waals surface area contributed by atoms with Crippen molar-refractivity contribution in [2.75, 3.05) is 13.2 Å². The second-order valence-corrected chi connectivity index (χ2v) is 6.29. The summed E-state index contributed by atoms with van der Waals surface area (Å²) in [6, 6.07) is 3.54. The Hall–Kier alpha value is -2.58. The van der Waals surface area contributed by atoms with E-state index in [0.717, 1.165) is 0 Å². The molecule has 132 valence electrons. The fourth-order valence-electron chi connectivity index (χ4n) is 3.00. The number of nitrogens with zero attached hydrogens (tertiary/aromatic N) is 3. The number of aromatic nitrogens is 3. The van der Waals surface area contributed by atoms with E-state index in [4.69, 9.17) is 4.74 Å². The van der Waals surface area contributed by atoms with E-state index in [0.29, 0.717) is 18.6 Å². The van der Waals surface area contributed by atoms with Crippen LogP contribution < -0.4 is 10.1 Å². The predicted octanol–water partition coefficient (Wildman–Crippen LogP) is 0.182. The molecular formula is C17H20N4O4. The number of carbonyl (C=O) groups excluding carboxylic acids is 1. The zero-order valence-electron chi connectivity index (χ0n) is 13.6. The third kappa shape index (κ3) is 4.28. The zero-order chi connectivity index (χ0) is 17.7. The van der Waals surface area contributed by atoms with E-state index in [9.17, 15) is 15.0 Å². The normalized spacial score (nSPS) is 25.5. The highest BCUT2D eigenvalue weighted by Gasteiger charge is 2.45. The molecule has 1 aliphatic carbocycles. The molecule has 0 bridgehead atoms. The Morgan fingerprint density at radius 1 is 1.20 bits per heavy atom. The Morgan fingerprint density at radius 3 is 2.60 bits per heavy atom. The molecule has 1 aliphatic rings. The summed E-state index contributed by atoms with van der Waals surface area (Å²) in [6.07, 6.45) is 6.53. The molecule has 2 aromatic heterocycles. The number of amides is 1. The number of pyridine rings is 1. The lowest BCUT2D eigenvalue weighted by Crippen LogP contribution is -2.40. The van der Waals surface area contributed by atoms with Crippen LogP contribution in [0, 0.1) is 5.41 Å². The molecule has 2 unspecified atom stereocenters. The first-order chi connectivity index (χ1) is 12.1. The van der Waals surface area contributed by atoms with Crippen LogP contribution >= 0.6 is 0 Å². The molecule has 0 aliphatic heterocycles. The zero-order valence-corrected chi connectivity index (χ0v) is 13.6. The topological polar surface area (TPSA) is 117 Å². The molecule has 2 atom stereocenters. The van der Waals surface area contributed by atoms with Crippen molar-refractivity contribution in [1.82, 2.24) is 20.3 Å². The Balaban J connectivity index is 1.66. The second-order valence-electron chi connectivity index (χ2n) is 6.29. The van der Waals surface area contributed by atoms with Gasteiger partial charge in [-0.3, -0.25) is 14.8 Å². The molecular weight excluding hydrogens is 324 g/mol. The number of carbonyl (C=O) groups is 1. The lowest BCUT2D eigenvalue weighted by Gasteiger charge is -2.29. The Morgan fingerprint density at radius 2 is 1.96 bits per heavy atom. The van der Waals surface area contributed by atoms with Crippen LogP contribution in [0.4, 0.5) is 0 Å². The van der Waals surface area contributed by atoms with E-state index in [2.05, 4.69) is 20.3 Å². The van der Waals surface area contributed by atoms with Crippen LogP contribution in [0.2, 0.25) is 0 Å². The monoisotopic (exact) mass is 344 g/mol. The smallest absolute Gasteiger partial charge is 0.271 e. The van der Waals surface area contributed by atoms with Crippen LogP contribution in [0.25, 0.3) is 0 Å². The van der Waals surface area contributed by atoms with E-state index >= 15 is 0 Å². The number of aliphatic hydroxyl groups is 2. The summed E-state index contributed by atoms with van der Waals surface area (Å²) in [7, 11) is 0. The first kappa shape index (κ1) is 17.2. The van der Waals surface area contributed by atoms with Gasteiger partial charge in [-0.15, -0.1) is 0 Å². The van der Waals surface area contributed by atoms with Gasteiger partial charge in [0.1, 0.15) is 11.4 Å². The second kappa shape index (κ2) is 7.54. The van der Waals surface area contributed by atoms with E-state index < -0.39 is 17.6 Å². The van der Waals surface area contributed by atoms with Crippen molar-refractivity contribution >= 4 is 5.91 Å². The van der Waals surface area contributed by atoms with Gasteiger partial charge in [0.2, 0.25) is 0 Å². The number of ether oxygens (including phenoxy) is 1. The number of rotatable bonds is 6. The van der Waals surface area contributed by atoms with E-state index in [1.54, 1.807) is 24.5 Å². The van der Waals surface area contributed by atoms with Gasteiger partial charge in [-0.2, -0.15) is 0 Å². The fraction of sp³-hybridized carbons (Fsp3) is 0.412. The van der Waals surface area contributed by atoms with Gasteiger partial charge in [-0.25, -0.2) is 4.98 Å². The molecule has 8 heteroatoms. The molecule has 3 N–H and O–H groups in total. The van der Waals surface area contributed by atoms with Gasteiger partial charge in [0.15, 0.2) is 0 Å². The molecule has 3 rings (SSSR count). The van der Waals surface area contributed by atoms with Crippen LogP contribution in [0.5, 0.6) is 5.75 Å². The highest BCUT2D eigenvalue weighted by molar-refractivity contribution is 5.91. The molecule has 0 spiro atoms. The molecule has 0 saturated heterocycles. The molecule has 25 heavy (non-hydrogen) atoms. The van der Waals surface area contributed by atoms with Crippen LogP contribution in [0.1, 0.15) is 23.3 Å². The van der Waals surface area contributed by atoms with Gasteiger partial charge in [-0.05, 0) is 25.0 Å². The van der Waals surface area contributed by atoms with Gasteiger partial charge in [0.05, 0.1) is 31.2 Å². The summed E-state index contributed by atoms with van der Waals surface area (Å²) < 4.78 is 5.76. The van der Waals surface area contributed by atoms with Crippen molar-refractivity contribution in [3.8, 4) is 5.75 Å². The van der Waals surface area contributed by atoms with Crippen molar-refractivity contribution in [2.24, 2.45) is 5.41 Å². The standard InChI is InChI=1S/C17H20N4O4/c22-14-6-17(7-15(14)23,11-25-12-2-1-3-18-8-12)10-21-16(24)13-9-19-4-5-20-13/h1-5,8-9,14-15,22-23H,6-7,10-11H2,(H,21,24). The minimum atomic E-state index is -0.842. The van der Waals surface area contributed by atoms with Crippen LogP contribution in [-0.4, -0.2) is 56.4 Å². The summed E-state index contributed by atoms with van der Waals surface area (Å²) in [6.45, 7) is 0.490. The van der Waals surface area contributed by atoms with Gasteiger partial charge < -0.3 is 20.3 Å². The highest BCUT2D eigenvalue weighted by atomic mass is 16.5. The summed E-state index contributed by atoms with van der Waals surface area (Å²) in [5.41, 5.74) is -0.364. The minimum Gasteiger partial charge on any atom is -0.491 e. The molecule has 2 aromatic rings. The lowest BCUT2D eigenvalue weighted by molar-refractivity contribution is 0.0438. The first-order valence-electron chi connectivity index (χ1n) is 8.01. The highest BCUT2D eigenvalue weighted by Crippen LogP contribution is 2.38. The largest absolute Gasteiger partial charge is 0.491 e. The van der Waals surface area contributed by atoms with Gasteiger partial charge in [-0.1, -0.05) is 0 Å². The summed E-state index contributed by atoms with van der Waals surface area (Å²) in [5.74, 6) is 0.239. The summed E-state index contributed by atoms with van der Waals surface area (Å²) in [5, 5.41) is 22.7. The van der Waals surface area contributed by atoms with E-state index in [1.807, 2.05) is 0 Å². The average Bonchev–Trinajstić information content (AvgIpc) is 2.94. The van der Waals surface area contributed by atoms with Crippen LogP contribution in [0.15, 0.2) is 43.1 Å².